The van der Waals surface area contributed by atoms with Gasteiger partial charge in [-0.05, 0) is 25.1 Å². The number of hydrogen-bond acceptors (Lipinski definition) is 3. The predicted octanol–water partition coefficient (Wildman–Crippen LogP) is 2.25. The van der Waals surface area contributed by atoms with E-state index in [1.807, 2.05) is 43.3 Å². The molecule has 70 valence electrons. The molecule has 0 saturated heterocycles. The fourth-order valence-electron chi connectivity index (χ4n) is 1.34. The number of para-hydroxylation sites is 1. The van der Waals surface area contributed by atoms with E-state index in [1.54, 1.807) is 0 Å². The minimum absolute atomic E-state index is 0.531. The second-order valence-corrected chi connectivity index (χ2v) is 2.98. The fraction of sp³-hybridized carbons (Fsp3) is 0.0909. The molecule has 1 aromatic heterocycles. The van der Waals surface area contributed by atoms with E-state index < -0.39 is 0 Å². The molecule has 0 aliphatic rings. The summed E-state index contributed by atoms with van der Waals surface area (Å²) in [5.41, 5.74) is 6.68. The van der Waals surface area contributed by atoms with Crippen LogP contribution in [0, 0.1) is 0 Å². The van der Waals surface area contributed by atoms with Gasteiger partial charge in [0.2, 0.25) is 0 Å². The number of rotatable bonds is 1. The molecule has 14 heavy (non-hydrogen) atoms. The van der Waals surface area contributed by atoms with Crippen molar-refractivity contribution in [1.82, 2.24) is 9.97 Å². The summed E-state index contributed by atoms with van der Waals surface area (Å²) in [6.45, 7) is 1.93. The van der Waals surface area contributed by atoms with Crippen molar-refractivity contribution < 1.29 is 0 Å². The summed E-state index contributed by atoms with van der Waals surface area (Å²) in [6, 6.07) is 7.72. The van der Waals surface area contributed by atoms with Gasteiger partial charge in [-0.3, -0.25) is 0 Å². The normalized spacial score (nSPS) is 11.2. The maximum atomic E-state index is 5.80. The van der Waals surface area contributed by atoms with Gasteiger partial charge in [0.25, 0.3) is 0 Å². The van der Waals surface area contributed by atoms with Crippen LogP contribution in [0.1, 0.15) is 12.7 Å². The van der Waals surface area contributed by atoms with Crippen LogP contribution in [0.2, 0.25) is 0 Å². The molecular weight excluding hydrogens is 174 g/mol. The lowest BCUT2D eigenvalue weighted by Crippen LogP contribution is -1.96. The van der Waals surface area contributed by atoms with Crippen LogP contribution < -0.4 is 5.73 Å². The quantitative estimate of drug-likeness (QED) is 0.741. The minimum Gasteiger partial charge on any atom is -0.383 e. The van der Waals surface area contributed by atoms with Crippen LogP contribution in [-0.4, -0.2) is 9.97 Å². The maximum absolute atomic E-state index is 5.80. The molecule has 0 fully saturated rings. The highest BCUT2D eigenvalue weighted by atomic mass is 14.9. The standard InChI is InChI=1S/C11H11N3/c1-2-5-10-13-9-7-4-3-6-8(9)11(12)14-10/h2-7H,1H3,(H2,12,13,14)/b5-2+. The molecule has 1 heterocycles. The highest BCUT2D eigenvalue weighted by molar-refractivity contribution is 5.88. The van der Waals surface area contributed by atoms with E-state index in [0.29, 0.717) is 11.6 Å². The highest BCUT2D eigenvalue weighted by Gasteiger charge is 2.01. The first-order valence-electron chi connectivity index (χ1n) is 4.46. The molecule has 0 atom stereocenters. The van der Waals surface area contributed by atoms with Gasteiger partial charge in [-0.1, -0.05) is 18.2 Å². The van der Waals surface area contributed by atoms with Gasteiger partial charge in [0.1, 0.15) is 5.82 Å². The number of hydrogen-bond donors (Lipinski definition) is 1. The number of allylic oxidation sites excluding steroid dienone is 1. The van der Waals surface area contributed by atoms with E-state index in [0.717, 1.165) is 10.9 Å². The number of nitrogen functional groups attached to an aromatic ring is 1. The van der Waals surface area contributed by atoms with Crippen molar-refractivity contribution in [3.8, 4) is 0 Å². The van der Waals surface area contributed by atoms with Crippen molar-refractivity contribution in [2.24, 2.45) is 0 Å². The number of fused-ring (bicyclic) bond motifs is 1. The Bertz CT molecular complexity index is 489. The SMILES string of the molecule is C/C=C/c1nc(N)c2ccccc2n1. The van der Waals surface area contributed by atoms with E-state index in [-0.39, 0.29) is 0 Å². The molecule has 2 N–H and O–H groups in total. The van der Waals surface area contributed by atoms with Crippen LogP contribution in [0.4, 0.5) is 5.82 Å². The van der Waals surface area contributed by atoms with Crippen LogP contribution in [-0.2, 0) is 0 Å². The summed E-state index contributed by atoms with van der Waals surface area (Å²) in [6.07, 6.45) is 3.73. The Balaban J connectivity index is 2.72. The van der Waals surface area contributed by atoms with Gasteiger partial charge in [-0.15, -0.1) is 0 Å². The van der Waals surface area contributed by atoms with Gasteiger partial charge in [0, 0.05) is 5.39 Å². The van der Waals surface area contributed by atoms with E-state index in [1.165, 1.54) is 0 Å². The summed E-state index contributed by atoms with van der Waals surface area (Å²) in [5.74, 6) is 1.19. The molecule has 0 aliphatic heterocycles. The zero-order valence-corrected chi connectivity index (χ0v) is 7.94. The average molecular weight is 185 g/mol. The molecule has 0 amide bonds. The fourth-order valence-corrected chi connectivity index (χ4v) is 1.34. The minimum atomic E-state index is 0.531. The van der Waals surface area contributed by atoms with Gasteiger partial charge in [-0.2, -0.15) is 0 Å². The summed E-state index contributed by atoms with van der Waals surface area (Å²) in [7, 11) is 0. The monoisotopic (exact) mass is 185 g/mol. The Morgan fingerprint density at radius 2 is 2.00 bits per heavy atom. The largest absolute Gasteiger partial charge is 0.383 e. The number of aromatic nitrogens is 2. The molecule has 0 radical (unpaired) electrons. The van der Waals surface area contributed by atoms with Crippen molar-refractivity contribution in [1.29, 1.82) is 0 Å². The lowest BCUT2D eigenvalue weighted by Gasteiger charge is -2.01. The lowest BCUT2D eigenvalue weighted by molar-refractivity contribution is 1.19. The number of benzene rings is 1. The molecule has 0 aliphatic carbocycles. The van der Waals surface area contributed by atoms with Crippen molar-refractivity contribution in [3.05, 3.63) is 36.2 Å². The predicted molar refractivity (Wildman–Crippen MR) is 58.7 cm³/mol. The Kier molecular flexibility index (Phi) is 2.14. The van der Waals surface area contributed by atoms with Crippen LogP contribution in [0.5, 0.6) is 0 Å². The molecular formula is C11H11N3. The second kappa shape index (κ2) is 3.46. The smallest absolute Gasteiger partial charge is 0.154 e. The molecule has 2 rings (SSSR count). The first kappa shape index (κ1) is 8.69. The Labute approximate surface area is 82.3 Å². The van der Waals surface area contributed by atoms with Crippen LogP contribution >= 0.6 is 0 Å². The first-order chi connectivity index (χ1) is 6.81. The van der Waals surface area contributed by atoms with E-state index >= 15 is 0 Å². The van der Waals surface area contributed by atoms with Gasteiger partial charge in [-0.25, -0.2) is 9.97 Å². The summed E-state index contributed by atoms with van der Waals surface area (Å²) in [5, 5.41) is 0.903. The molecule has 0 bridgehead atoms. The molecule has 1 aromatic carbocycles. The molecule has 3 nitrogen and oxygen atoms in total. The average Bonchev–Trinajstić information content (AvgIpc) is 2.18. The Morgan fingerprint density at radius 1 is 1.21 bits per heavy atom. The van der Waals surface area contributed by atoms with Crippen molar-refractivity contribution in [2.75, 3.05) is 5.73 Å². The first-order valence-corrected chi connectivity index (χ1v) is 4.46. The third kappa shape index (κ3) is 1.44. The Hall–Kier alpha value is -1.90. The second-order valence-electron chi connectivity index (χ2n) is 2.98. The lowest BCUT2D eigenvalue weighted by atomic mass is 10.2. The van der Waals surface area contributed by atoms with Gasteiger partial charge >= 0.3 is 0 Å². The topological polar surface area (TPSA) is 51.8 Å². The number of anilines is 1. The van der Waals surface area contributed by atoms with Crippen molar-refractivity contribution in [3.63, 3.8) is 0 Å². The summed E-state index contributed by atoms with van der Waals surface area (Å²) < 4.78 is 0. The Morgan fingerprint density at radius 3 is 2.79 bits per heavy atom. The van der Waals surface area contributed by atoms with Gasteiger partial charge in [0.05, 0.1) is 5.52 Å². The zero-order valence-electron chi connectivity index (χ0n) is 7.94. The number of nitrogens with two attached hydrogens (primary N) is 1. The molecule has 0 spiro atoms. The summed E-state index contributed by atoms with van der Waals surface area (Å²) >= 11 is 0. The molecule has 0 unspecified atom stereocenters. The molecule has 3 heteroatoms. The third-order valence-corrected chi connectivity index (χ3v) is 1.97. The maximum Gasteiger partial charge on any atom is 0.154 e. The van der Waals surface area contributed by atoms with Crippen molar-refractivity contribution >= 4 is 22.8 Å². The molecule has 2 aromatic rings. The van der Waals surface area contributed by atoms with E-state index in [2.05, 4.69) is 9.97 Å². The van der Waals surface area contributed by atoms with Gasteiger partial charge < -0.3 is 5.73 Å². The molecule has 0 saturated carbocycles. The van der Waals surface area contributed by atoms with Gasteiger partial charge in [0.15, 0.2) is 5.82 Å². The zero-order chi connectivity index (χ0) is 9.97. The van der Waals surface area contributed by atoms with E-state index in [4.69, 9.17) is 5.73 Å². The van der Waals surface area contributed by atoms with Crippen LogP contribution in [0.15, 0.2) is 30.3 Å². The highest BCUT2D eigenvalue weighted by Crippen LogP contribution is 2.17. The third-order valence-electron chi connectivity index (χ3n) is 1.97. The van der Waals surface area contributed by atoms with Crippen molar-refractivity contribution in [2.45, 2.75) is 6.92 Å². The number of nitrogens with zero attached hydrogens (tertiary/aromatic N) is 2. The van der Waals surface area contributed by atoms with Crippen LogP contribution in [0.25, 0.3) is 17.0 Å². The van der Waals surface area contributed by atoms with Crippen LogP contribution in [0.3, 0.4) is 0 Å². The summed E-state index contributed by atoms with van der Waals surface area (Å²) in [4.78, 5) is 8.52. The van der Waals surface area contributed by atoms with E-state index in [9.17, 15) is 0 Å².